The van der Waals surface area contributed by atoms with Crippen LogP contribution in [0.5, 0.6) is 0 Å². The number of hydrogen-bond acceptors (Lipinski definition) is 8. The van der Waals surface area contributed by atoms with Gasteiger partial charge in [0.05, 0.1) is 29.6 Å². The average molecular weight is 636 g/mol. The van der Waals surface area contributed by atoms with E-state index in [0.29, 0.717) is 6.04 Å². The van der Waals surface area contributed by atoms with Gasteiger partial charge in [-0.15, -0.1) is 0 Å². The van der Waals surface area contributed by atoms with Crippen LogP contribution < -0.4 is 15.6 Å². The summed E-state index contributed by atoms with van der Waals surface area (Å²) in [5.74, 6) is -6.72. The summed E-state index contributed by atoms with van der Waals surface area (Å²) in [6, 6.07) is 0.207. The summed E-state index contributed by atoms with van der Waals surface area (Å²) >= 11 is 0. The van der Waals surface area contributed by atoms with Crippen LogP contribution in [0.3, 0.4) is 0 Å². The van der Waals surface area contributed by atoms with Crippen LogP contribution >= 0.6 is 0 Å². The summed E-state index contributed by atoms with van der Waals surface area (Å²) in [4.78, 5) is 28.4. The highest BCUT2D eigenvalue weighted by molar-refractivity contribution is 7.92. The second kappa shape index (κ2) is 12.3. The van der Waals surface area contributed by atoms with E-state index in [4.69, 9.17) is 0 Å². The Balaban J connectivity index is 1.70. The number of sulfonamides is 1. The molecule has 0 atom stereocenters. The van der Waals surface area contributed by atoms with Crippen LogP contribution in [-0.2, 0) is 10.0 Å². The molecule has 4 rings (SSSR count). The van der Waals surface area contributed by atoms with E-state index in [1.807, 2.05) is 14.1 Å². The van der Waals surface area contributed by atoms with Crippen molar-refractivity contribution in [3.05, 3.63) is 40.1 Å². The summed E-state index contributed by atoms with van der Waals surface area (Å²) < 4.78 is 109. The molecule has 0 bridgehead atoms. The van der Waals surface area contributed by atoms with Gasteiger partial charge in [0, 0.05) is 24.2 Å². The molecular formula is C26H31F6N7O3S. The zero-order valence-electron chi connectivity index (χ0n) is 23.8. The van der Waals surface area contributed by atoms with Crippen molar-refractivity contribution in [3.8, 4) is 11.3 Å². The van der Waals surface area contributed by atoms with Crippen LogP contribution in [0.15, 0.2) is 17.1 Å². The first-order valence-corrected chi connectivity index (χ1v) is 15.1. The molecule has 1 aliphatic carbocycles. The molecule has 2 aromatic heterocycles. The first-order chi connectivity index (χ1) is 20.0. The van der Waals surface area contributed by atoms with E-state index in [-0.39, 0.29) is 29.2 Å². The Kier molecular flexibility index (Phi) is 9.25. The average Bonchev–Trinajstić information content (AvgIpc) is 2.90. The maximum atomic E-state index is 15.2. The van der Waals surface area contributed by atoms with Gasteiger partial charge >= 0.3 is 6.18 Å². The number of rotatable bonds is 9. The van der Waals surface area contributed by atoms with Crippen LogP contribution in [0.2, 0.25) is 0 Å². The molecule has 1 saturated carbocycles. The molecule has 10 nitrogen and oxygen atoms in total. The normalized spacial score (nSPS) is 18.0. The third-order valence-electron chi connectivity index (χ3n) is 7.22. The van der Waals surface area contributed by atoms with Crippen LogP contribution in [0.25, 0.3) is 22.4 Å². The van der Waals surface area contributed by atoms with Crippen molar-refractivity contribution in [2.75, 3.05) is 29.9 Å². The first kappa shape index (κ1) is 32.4. The number of hydrogen-bond donors (Lipinski definition) is 2. The summed E-state index contributed by atoms with van der Waals surface area (Å²) in [7, 11) is -0.768. The van der Waals surface area contributed by atoms with E-state index in [1.165, 1.54) is 10.9 Å². The molecule has 0 unspecified atom stereocenters. The number of aromatic nitrogens is 4. The molecule has 0 saturated heterocycles. The van der Waals surface area contributed by atoms with Crippen LogP contribution in [0.4, 0.5) is 38.0 Å². The lowest BCUT2D eigenvalue weighted by atomic mass is 9.91. The first-order valence-electron chi connectivity index (χ1n) is 13.4. The van der Waals surface area contributed by atoms with Gasteiger partial charge in [0.1, 0.15) is 17.0 Å². The zero-order chi connectivity index (χ0) is 31.9. The molecule has 0 spiro atoms. The van der Waals surface area contributed by atoms with Crippen molar-refractivity contribution < 1.29 is 34.8 Å². The predicted octanol–water partition coefficient (Wildman–Crippen LogP) is 4.83. The van der Waals surface area contributed by atoms with Crippen molar-refractivity contribution >= 4 is 32.8 Å². The highest BCUT2D eigenvalue weighted by Gasteiger charge is 2.32. The van der Waals surface area contributed by atoms with Gasteiger partial charge in [0.25, 0.3) is 5.56 Å². The molecule has 1 aromatic carbocycles. The molecule has 43 heavy (non-hydrogen) atoms. The van der Waals surface area contributed by atoms with Crippen molar-refractivity contribution in [2.45, 2.75) is 70.3 Å². The van der Waals surface area contributed by atoms with E-state index in [1.54, 1.807) is 13.8 Å². The van der Waals surface area contributed by atoms with E-state index in [9.17, 15) is 30.8 Å². The van der Waals surface area contributed by atoms with Gasteiger partial charge in [0.2, 0.25) is 16.0 Å². The molecule has 0 radical (unpaired) electrons. The molecule has 1 fully saturated rings. The Morgan fingerprint density at radius 3 is 2.30 bits per heavy atom. The van der Waals surface area contributed by atoms with Gasteiger partial charge < -0.3 is 10.2 Å². The fourth-order valence-corrected chi connectivity index (χ4v) is 6.07. The Morgan fingerprint density at radius 1 is 1.07 bits per heavy atom. The smallest absolute Gasteiger partial charge is 0.351 e. The lowest BCUT2D eigenvalue weighted by Gasteiger charge is -2.32. The fourth-order valence-electron chi connectivity index (χ4n) is 4.99. The SMILES string of the molecule is CC(C)n1c(=O)c(-c2c(F)cc(NS(=O)(=O)CCC(F)(F)F)c(F)c2F)nc2cnc(NC3CCC(N(C)C)CC3)nc21. The number of halogens is 6. The quantitative estimate of drug-likeness (QED) is 0.253. The Morgan fingerprint density at radius 2 is 1.72 bits per heavy atom. The minimum atomic E-state index is -4.84. The topological polar surface area (TPSA) is 122 Å². The van der Waals surface area contributed by atoms with E-state index in [2.05, 4.69) is 25.2 Å². The van der Waals surface area contributed by atoms with E-state index < -0.39 is 74.4 Å². The van der Waals surface area contributed by atoms with Crippen LogP contribution in [0, 0.1) is 17.5 Å². The summed E-state index contributed by atoms with van der Waals surface area (Å²) in [5.41, 5.74) is -4.23. The number of benzene rings is 1. The largest absolute Gasteiger partial charge is 0.390 e. The van der Waals surface area contributed by atoms with Crippen molar-refractivity contribution in [1.29, 1.82) is 0 Å². The lowest BCUT2D eigenvalue weighted by Crippen LogP contribution is -2.36. The van der Waals surface area contributed by atoms with Gasteiger partial charge in [-0.1, -0.05) is 0 Å². The fraction of sp³-hybridized carbons (Fsp3) is 0.538. The molecule has 0 aliphatic heterocycles. The molecule has 236 valence electrons. The monoisotopic (exact) mass is 635 g/mol. The van der Waals surface area contributed by atoms with Gasteiger partial charge in [-0.2, -0.15) is 18.2 Å². The Hall–Kier alpha value is -3.47. The van der Waals surface area contributed by atoms with E-state index in [0.717, 1.165) is 30.3 Å². The van der Waals surface area contributed by atoms with Crippen molar-refractivity contribution in [1.82, 2.24) is 24.4 Å². The minimum absolute atomic E-state index is 0.0266. The second-order valence-corrected chi connectivity index (χ2v) is 12.8. The Labute approximate surface area is 243 Å². The number of nitrogens with zero attached hydrogens (tertiary/aromatic N) is 5. The van der Waals surface area contributed by atoms with Gasteiger partial charge in [-0.25, -0.2) is 31.6 Å². The maximum Gasteiger partial charge on any atom is 0.390 e. The zero-order valence-corrected chi connectivity index (χ0v) is 24.6. The summed E-state index contributed by atoms with van der Waals surface area (Å²) in [5, 5.41) is 3.26. The predicted molar refractivity (Wildman–Crippen MR) is 149 cm³/mol. The molecular weight excluding hydrogens is 604 g/mol. The molecule has 17 heteroatoms. The van der Waals surface area contributed by atoms with Gasteiger partial charge in [-0.05, 0) is 53.6 Å². The van der Waals surface area contributed by atoms with Crippen LogP contribution in [-0.4, -0.2) is 70.9 Å². The molecule has 0 amide bonds. The number of anilines is 2. The molecule has 1 aliphatic rings. The number of alkyl halides is 3. The van der Waals surface area contributed by atoms with Gasteiger partial charge in [-0.3, -0.25) is 14.1 Å². The number of nitrogens with one attached hydrogen (secondary N) is 2. The van der Waals surface area contributed by atoms with Crippen molar-refractivity contribution in [3.63, 3.8) is 0 Å². The Bertz CT molecular complexity index is 1670. The molecule has 2 heterocycles. The minimum Gasteiger partial charge on any atom is -0.351 e. The third-order valence-corrected chi connectivity index (χ3v) is 8.50. The van der Waals surface area contributed by atoms with Gasteiger partial charge in [0.15, 0.2) is 17.3 Å². The van der Waals surface area contributed by atoms with Crippen LogP contribution in [0.1, 0.15) is 52.0 Å². The maximum absolute atomic E-state index is 15.2. The molecule has 3 aromatic rings. The van der Waals surface area contributed by atoms with Crippen molar-refractivity contribution in [2.24, 2.45) is 0 Å². The summed E-state index contributed by atoms with van der Waals surface area (Å²) in [6.07, 6.45) is -1.65. The number of fused-ring (bicyclic) bond motifs is 1. The standard InChI is InChI=1S/C26H31F6N7O3S/c1-13(2)39-23-18(12-33-25(36-23)34-14-5-7-15(8-6-14)38(3)4)35-22(24(39)40)19-16(27)11-17(20(28)21(19)29)37-43(41,42)10-9-26(30,31)32/h11-15,37H,5-10H2,1-4H3,(H,33,34,36). The highest BCUT2D eigenvalue weighted by Crippen LogP contribution is 2.32. The summed E-state index contributed by atoms with van der Waals surface area (Å²) in [6.45, 7) is 3.24. The highest BCUT2D eigenvalue weighted by atomic mass is 32.2. The third kappa shape index (κ3) is 7.37. The lowest BCUT2D eigenvalue weighted by molar-refractivity contribution is -0.129. The second-order valence-electron chi connectivity index (χ2n) is 10.9. The van der Waals surface area contributed by atoms with E-state index >= 15 is 8.78 Å². The molecule has 2 N–H and O–H groups in total.